The van der Waals surface area contributed by atoms with E-state index in [2.05, 4.69) is 14.9 Å². The number of hydrogen-bond acceptors (Lipinski definition) is 4. The minimum Gasteiger partial charge on any atom is -0.340 e. The van der Waals surface area contributed by atoms with Crippen molar-refractivity contribution in [1.82, 2.24) is 9.97 Å². The molecule has 0 amide bonds. The summed E-state index contributed by atoms with van der Waals surface area (Å²) < 4.78 is 13.0. The molecule has 1 saturated heterocycles. The van der Waals surface area contributed by atoms with Crippen LogP contribution in [0.15, 0.2) is 36.7 Å². The normalized spacial score (nSPS) is 18.3. The van der Waals surface area contributed by atoms with Crippen LogP contribution >= 0.6 is 0 Å². The van der Waals surface area contributed by atoms with Crippen LogP contribution in [0, 0.1) is 18.7 Å². The average Bonchev–Trinajstić information content (AvgIpc) is 2.56. The van der Waals surface area contributed by atoms with Crippen molar-refractivity contribution < 1.29 is 9.18 Å². The van der Waals surface area contributed by atoms with E-state index in [0.29, 0.717) is 18.1 Å². The summed E-state index contributed by atoms with van der Waals surface area (Å²) in [5.41, 5.74) is 1.58. The molecule has 1 atom stereocenters. The largest absolute Gasteiger partial charge is 0.340 e. The summed E-state index contributed by atoms with van der Waals surface area (Å²) in [5, 5.41) is 0. The Labute approximate surface area is 129 Å². The van der Waals surface area contributed by atoms with E-state index < -0.39 is 0 Å². The molecule has 0 N–H and O–H groups in total. The Morgan fingerprint density at radius 1 is 1.23 bits per heavy atom. The van der Waals surface area contributed by atoms with Crippen molar-refractivity contribution in [2.75, 3.05) is 18.0 Å². The van der Waals surface area contributed by atoms with E-state index in [9.17, 15) is 9.18 Å². The number of piperidine rings is 1. The van der Waals surface area contributed by atoms with Crippen LogP contribution < -0.4 is 4.90 Å². The molecule has 0 spiro atoms. The maximum Gasteiger partial charge on any atom is 0.225 e. The Balaban J connectivity index is 1.73. The first-order valence-corrected chi connectivity index (χ1v) is 7.47. The molecule has 1 aliphatic heterocycles. The van der Waals surface area contributed by atoms with Crippen molar-refractivity contribution in [2.45, 2.75) is 19.8 Å². The third-order valence-electron chi connectivity index (χ3n) is 3.97. The SMILES string of the molecule is Cc1cnc(N2CCCC(C(=O)c3ccc(F)cc3)C2)nc1. The molecule has 1 fully saturated rings. The number of carbonyl (C=O) groups excluding carboxylic acids is 1. The van der Waals surface area contributed by atoms with Gasteiger partial charge in [-0.15, -0.1) is 0 Å². The average molecular weight is 299 g/mol. The van der Waals surface area contributed by atoms with Crippen LogP contribution in [0.4, 0.5) is 10.3 Å². The van der Waals surface area contributed by atoms with Crippen LogP contribution in [0.25, 0.3) is 0 Å². The maximum absolute atomic E-state index is 13.0. The topological polar surface area (TPSA) is 46.1 Å². The van der Waals surface area contributed by atoms with Crippen LogP contribution in [0.2, 0.25) is 0 Å². The number of carbonyl (C=O) groups is 1. The van der Waals surface area contributed by atoms with Gasteiger partial charge in [-0.3, -0.25) is 4.79 Å². The zero-order valence-electron chi connectivity index (χ0n) is 12.5. The van der Waals surface area contributed by atoms with E-state index in [4.69, 9.17) is 0 Å². The van der Waals surface area contributed by atoms with Gasteiger partial charge in [-0.1, -0.05) is 0 Å². The molecule has 2 aromatic rings. The standard InChI is InChI=1S/C17H18FN3O/c1-12-9-19-17(20-10-12)21-8-2-3-14(11-21)16(22)13-4-6-15(18)7-5-13/h4-7,9-10,14H,2-3,8,11H2,1H3. The lowest BCUT2D eigenvalue weighted by Crippen LogP contribution is -2.39. The third-order valence-corrected chi connectivity index (χ3v) is 3.97. The smallest absolute Gasteiger partial charge is 0.225 e. The van der Waals surface area contributed by atoms with Gasteiger partial charge in [0.15, 0.2) is 5.78 Å². The molecule has 114 valence electrons. The molecule has 3 rings (SSSR count). The highest BCUT2D eigenvalue weighted by Crippen LogP contribution is 2.23. The van der Waals surface area contributed by atoms with Crippen LogP contribution in [-0.4, -0.2) is 28.8 Å². The van der Waals surface area contributed by atoms with Crippen molar-refractivity contribution >= 4 is 11.7 Å². The van der Waals surface area contributed by atoms with Crippen molar-refractivity contribution in [3.63, 3.8) is 0 Å². The van der Waals surface area contributed by atoms with E-state index in [0.717, 1.165) is 24.9 Å². The van der Waals surface area contributed by atoms with Crippen molar-refractivity contribution in [1.29, 1.82) is 0 Å². The van der Waals surface area contributed by atoms with Gasteiger partial charge >= 0.3 is 0 Å². The molecule has 0 bridgehead atoms. The summed E-state index contributed by atoms with van der Waals surface area (Å²) >= 11 is 0. The lowest BCUT2D eigenvalue weighted by atomic mass is 9.90. The fraction of sp³-hybridized carbons (Fsp3) is 0.353. The lowest BCUT2D eigenvalue weighted by Gasteiger charge is -2.32. The summed E-state index contributed by atoms with van der Waals surface area (Å²) in [7, 11) is 0. The monoisotopic (exact) mass is 299 g/mol. The molecule has 22 heavy (non-hydrogen) atoms. The summed E-state index contributed by atoms with van der Waals surface area (Å²) in [6, 6.07) is 5.77. The van der Waals surface area contributed by atoms with Crippen molar-refractivity contribution in [3.8, 4) is 0 Å². The molecule has 1 aliphatic rings. The zero-order chi connectivity index (χ0) is 15.5. The molecular weight excluding hydrogens is 281 g/mol. The van der Waals surface area contributed by atoms with Gasteiger partial charge in [0.2, 0.25) is 5.95 Å². The number of aryl methyl sites for hydroxylation is 1. The first-order chi connectivity index (χ1) is 10.6. The Morgan fingerprint density at radius 2 is 1.91 bits per heavy atom. The first kappa shape index (κ1) is 14.6. The number of rotatable bonds is 3. The fourth-order valence-corrected chi connectivity index (χ4v) is 2.77. The fourth-order valence-electron chi connectivity index (χ4n) is 2.77. The zero-order valence-corrected chi connectivity index (χ0v) is 12.5. The second-order valence-electron chi connectivity index (χ2n) is 5.72. The molecule has 0 saturated carbocycles. The van der Waals surface area contributed by atoms with Gasteiger partial charge in [-0.2, -0.15) is 0 Å². The Hall–Kier alpha value is -2.30. The Bertz CT molecular complexity index is 655. The second-order valence-corrected chi connectivity index (χ2v) is 5.72. The molecule has 0 radical (unpaired) electrons. The van der Waals surface area contributed by atoms with Crippen molar-refractivity contribution in [3.05, 3.63) is 53.6 Å². The molecule has 1 unspecified atom stereocenters. The van der Waals surface area contributed by atoms with Gasteiger partial charge in [-0.05, 0) is 49.6 Å². The predicted octanol–water partition coefficient (Wildman–Crippen LogP) is 3.02. The van der Waals surface area contributed by atoms with E-state index in [1.807, 2.05) is 6.92 Å². The molecular formula is C17H18FN3O. The lowest BCUT2D eigenvalue weighted by molar-refractivity contribution is 0.0907. The van der Waals surface area contributed by atoms with Gasteiger partial charge < -0.3 is 4.90 Å². The third kappa shape index (κ3) is 3.13. The molecule has 4 nitrogen and oxygen atoms in total. The number of benzene rings is 1. The molecule has 1 aromatic carbocycles. The highest BCUT2D eigenvalue weighted by Gasteiger charge is 2.27. The van der Waals surface area contributed by atoms with Gasteiger partial charge in [0.1, 0.15) is 5.82 Å². The highest BCUT2D eigenvalue weighted by molar-refractivity contribution is 5.98. The van der Waals surface area contributed by atoms with E-state index in [1.165, 1.54) is 12.1 Å². The van der Waals surface area contributed by atoms with Gasteiger partial charge in [0.05, 0.1) is 0 Å². The summed E-state index contributed by atoms with van der Waals surface area (Å²) in [6.07, 6.45) is 5.34. The highest BCUT2D eigenvalue weighted by atomic mass is 19.1. The Kier molecular flexibility index (Phi) is 4.13. The number of aromatic nitrogens is 2. The molecule has 1 aromatic heterocycles. The summed E-state index contributed by atoms with van der Waals surface area (Å²) in [5.74, 6) is 0.318. The number of Topliss-reactive ketones (excluding diaryl/α,β-unsaturated/α-hetero) is 1. The number of ketones is 1. The minimum atomic E-state index is -0.324. The van der Waals surface area contributed by atoms with Crippen molar-refractivity contribution in [2.24, 2.45) is 5.92 Å². The maximum atomic E-state index is 13.0. The van der Waals surface area contributed by atoms with Gasteiger partial charge in [-0.25, -0.2) is 14.4 Å². The number of hydrogen-bond donors (Lipinski definition) is 0. The molecule has 5 heteroatoms. The Morgan fingerprint density at radius 3 is 2.59 bits per heavy atom. The molecule has 0 aliphatic carbocycles. The van der Waals surface area contributed by atoms with E-state index >= 15 is 0 Å². The second kappa shape index (κ2) is 6.22. The first-order valence-electron chi connectivity index (χ1n) is 7.47. The summed E-state index contributed by atoms with van der Waals surface area (Å²) in [6.45, 7) is 3.41. The number of anilines is 1. The van der Waals surface area contributed by atoms with Gasteiger partial charge in [0, 0.05) is 37.0 Å². The predicted molar refractivity (Wildman–Crippen MR) is 82.4 cm³/mol. The quantitative estimate of drug-likeness (QED) is 0.817. The number of nitrogens with zero attached hydrogens (tertiary/aromatic N) is 3. The minimum absolute atomic E-state index is 0.0665. The van der Waals surface area contributed by atoms with Crippen LogP contribution in [0.1, 0.15) is 28.8 Å². The number of halogens is 1. The van der Waals surface area contributed by atoms with E-state index in [-0.39, 0.29) is 17.5 Å². The van der Waals surface area contributed by atoms with Gasteiger partial charge in [0.25, 0.3) is 0 Å². The van der Waals surface area contributed by atoms with E-state index in [1.54, 1.807) is 24.5 Å². The summed E-state index contributed by atoms with van der Waals surface area (Å²) in [4.78, 5) is 23.3. The van der Waals surface area contributed by atoms with Crippen LogP contribution in [0.5, 0.6) is 0 Å². The molecule has 2 heterocycles. The van der Waals surface area contributed by atoms with Crippen LogP contribution in [-0.2, 0) is 0 Å². The van der Waals surface area contributed by atoms with Crippen LogP contribution in [0.3, 0.4) is 0 Å².